The van der Waals surface area contributed by atoms with E-state index in [0.29, 0.717) is 49.4 Å². The number of benzene rings is 1. The Hall–Kier alpha value is -2.13. The van der Waals surface area contributed by atoms with Gasteiger partial charge in [0.1, 0.15) is 10.6 Å². The Kier molecular flexibility index (Phi) is 5.77. The van der Waals surface area contributed by atoms with Gasteiger partial charge in [0, 0.05) is 18.8 Å². The summed E-state index contributed by atoms with van der Waals surface area (Å²) in [4.78, 5) is 4.31. The summed E-state index contributed by atoms with van der Waals surface area (Å²) in [6.07, 6.45) is 2.84. The number of piperidine rings is 1. The molecule has 1 aromatic heterocycles. The van der Waals surface area contributed by atoms with E-state index in [2.05, 4.69) is 15.5 Å². The van der Waals surface area contributed by atoms with Crippen LogP contribution >= 0.6 is 0 Å². The quantitative estimate of drug-likeness (QED) is 0.788. The van der Waals surface area contributed by atoms with Crippen LogP contribution in [0.3, 0.4) is 0 Å². The first-order chi connectivity index (χ1) is 12.5. The van der Waals surface area contributed by atoms with Crippen molar-refractivity contribution in [2.75, 3.05) is 25.0 Å². The molecule has 0 radical (unpaired) electrons. The smallest absolute Gasteiger partial charge is 0.246 e. The van der Waals surface area contributed by atoms with Crippen molar-refractivity contribution in [1.82, 2.24) is 14.4 Å². The van der Waals surface area contributed by atoms with Gasteiger partial charge in [-0.15, -0.1) is 0 Å². The summed E-state index contributed by atoms with van der Waals surface area (Å²) in [5.74, 6) is 1.37. The molecule has 1 aliphatic heterocycles. The number of ether oxygens (including phenoxy) is 1. The van der Waals surface area contributed by atoms with Gasteiger partial charge in [-0.2, -0.15) is 9.29 Å². The molecule has 0 aliphatic carbocycles. The van der Waals surface area contributed by atoms with Crippen molar-refractivity contribution in [1.29, 1.82) is 0 Å². The van der Waals surface area contributed by atoms with Crippen molar-refractivity contribution >= 4 is 15.7 Å². The molecule has 9 heteroatoms. The standard InChI is InChI=1S/C17H24N4O4S/c1-3-24-15-8-7-14(18-12-17-19-13(2)20-25-17)11-16(15)26(22,23)21-9-5-4-6-10-21/h7-8,11,18H,3-6,9-10,12H2,1-2H3. The number of hydrogen-bond donors (Lipinski definition) is 1. The van der Waals surface area contributed by atoms with E-state index in [1.807, 2.05) is 6.92 Å². The predicted octanol–water partition coefficient (Wildman–Crippen LogP) is 2.56. The van der Waals surface area contributed by atoms with E-state index in [1.54, 1.807) is 29.4 Å². The Morgan fingerprint density at radius 2 is 2.04 bits per heavy atom. The molecule has 0 bridgehead atoms. The SMILES string of the molecule is CCOc1ccc(NCc2nc(C)no2)cc1S(=O)(=O)N1CCCCC1. The van der Waals surface area contributed by atoms with Crippen LogP contribution < -0.4 is 10.1 Å². The first-order valence-electron chi connectivity index (χ1n) is 8.81. The molecule has 26 heavy (non-hydrogen) atoms. The third-order valence-electron chi connectivity index (χ3n) is 4.19. The number of sulfonamides is 1. The van der Waals surface area contributed by atoms with Crippen LogP contribution in [0.4, 0.5) is 5.69 Å². The van der Waals surface area contributed by atoms with Crippen LogP contribution in [-0.4, -0.2) is 42.6 Å². The van der Waals surface area contributed by atoms with Gasteiger partial charge in [-0.1, -0.05) is 11.6 Å². The van der Waals surface area contributed by atoms with Crippen LogP contribution in [0.15, 0.2) is 27.6 Å². The molecule has 0 saturated carbocycles. The lowest BCUT2D eigenvalue weighted by atomic mass is 10.2. The summed E-state index contributed by atoms with van der Waals surface area (Å²) in [7, 11) is -3.60. The Labute approximate surface area is 153 Å². The molecular formula is C17H24N4O4S. The molecule has 0 spiro atoms. The second kappa shape index (κ2) is 8.05. The summed E-state index contributed by atoms with van der Waals surface area (Å²) in [6, 6.07) is 5.07. The Morgan fingerprint density at radius 1 is 1.27 bits per heavy atom. The molecule has 3 rings (SSSR count). The summed E-state index contributed by atoms with van der Waals surface area (Å²) in [5.41, 5.74) is 0.653. The maximum absolute atomic E-state index is 13.1. The van der Waals surface area contributed by atoms with Crippen molar-refractivity contribution in [3.05, 3.63) is 29.9 Å². The highest BCUT2D eigenvalue weighted by atomic mass is 32.2. The number of nitrogens with one attached hydrogen (secondary N) is 1. The van der Waals surface area contributed by atoms with Gasteiger partial charge >= 0.3 is 0 Å². The summed E-state index contributed by atoms with van der Waals surface area (Å²) < 4.78 is 38.3. The summed E-state index contributed by atoms with van der Waals surface area (Å²) in [5, 5.41) is 6.86. The van der Waals surface area contributed by atoms with Crippen LogP contribution in [0, 0.1) is 6.92 Å². The maximum atomic E-state index is 13.1. The highest BCUT2D eigenvalue weighted by Crippen LogP contribution is 2.31. The lowest BCUT2D eigenvalue weighted by Gasteiger charge is -2.27. The van der Waals surface area contributed by atoms with Crippen molar-refractivity contribution < 1.29 is 17.7 Å². The number of anilines is 1. The lowest BCUT2D eigenvalue weighted by molar-refractivity contribution is 0.323. The van der Waals surface area contributed by atoms with Gasteiger partial charge in [0.15, 0.2) is 5.82 Å². The van der Waals surface area contributed by atoms with Gasteiger partial charge in [-0.3, -0.25) is 0 Å². The monoisotopic (exact) mass is 380 g/mol. The first-order valence-corrected chi connectivity index (χ1v) is 10.2. The molecule has 0 atom stereocenters. The first kappa shape index (κ1) is 18.7. The lowest BCUT2D eigenvalue weighted by Crippen LogP contribution is -2.35. The molecule has 1 aromatic carbocycles. The minimum absolute atomic E-state index is 0.188. The largest absolute Gasteiger partial charge is 0.492 e. The van der Waals surface area contributed by atoms with Crippen LogP contribution in [0.2, 0.25) is 0 Å². The Balaban J connectivity index is 1.85. The van der Waals surface area contributed by atoms with E-state index in [1.165, 1.54) is 0 Å². The van der Waals surface area contributed by atoms with Gasteiger partial charge in [0.25, 0.3) is 0 Å². The molecule has 1 saturated heterocycles. The van der Waals surface area contributed by atoms with E-state index < -0.39 is 10.0 Å². The second-order valence-corrected chi connectivity index (χ2v) is 8.05. The van der Waals surface area contributed by atoms with E-state index in [4.69, 9.17) is 9.26 Å². The van der Waals surface area contributed by atoms with Crippen LogP contribution in [0.1, 0.15) is 37.9 Å². The molecule has 1 N–H and O–H groups in total. The fraction of sp³-hybridized carbons (Fsp3) is 0.529. The number of nitrogens with zero attached hydrogens (tertiary/aromatic N) is 3. The van der Waals surface area contributed by atoms with Gasteiger partial charge in [-0.25, -0.2) is 8.42 Å². The van der Waals surface area contributed by atoms with Crippen molar-refractivity contribution in [2.24, 2.45) is 0 Å². The molecule has 2 aromatic rings. The van der Waals surface area contributed by atoms with Crippen LogP contribution in [-0.2, 0) is 16.6 Å². The second-order valence-electron chi connectivity index (χ2n) is 6.15. The van der Waals surface area contributed by atoms with E-state index >= 15 is 0 Å². The number of aromatic nitrogens is 2. The highest BCUT2D eigenvalue weighted by Gasteiger charge is 2.29. The van der Waals surface area contributed by atoms with Gasteiger partial charge in [-0.05, 0) is 44.9 Å². The third-order valence-corrected chi connectivity index (χ3v) is 6.11. The molecule has 8 nitrogen and oxygen atoms in total. The molecule has 2 heterocycles. The number of rotatable bonds is 7. The number of hydrogen-bond acceptors (Lipinski definition) is 7. The zero-order valence-electron chi connectivity index (χ0n) is 15.1. The summed E-state index contributed by atoms with van der Waals surface area (Å²) >= 11 is 0. The van der Waals surface area contributed by atoms with Gasteiger partial charge in [0.2, 0.25) is 15.9 Å². The minimum Gasteiger partial charge on any atom is -0.492 e. The van der Waals surface area contributed by atoms with E-state index in [-0.39, 0.29) is 4.90 Å². The molecule has 142 valence electrons. The van der Waals surface area contributed by atoms with Crippen LogP contribution in [0.5, 0.6) is 5.75 Å². The van der Waals surface area contributed by atoms with E-state index in [9.17, 15) is 8.42 Å². The van der Waals surface area contributed by atoms with Crippen molar-refractivity contribution in [3.8, 4) is 5.75 Å². The molecule has 0 unspecified atom stereocenters. The van der Waals surface area contributed by atoms with Gasteiger partial charge < -0.3 is 14.6 Å². The maximum Gasteiger partial charge on any atom is 0.246 e. The zero-order valence-corrected chi connectivity index (χ0v) is 15.9. The Morgan fingerprint density at radius 3 is 2.69 bits per heavy atom. The van der Waals surface area contributed by atoms with E-state index in [0.717, 1.165) is 19.3 Å². The average Bonchev–Trinajstić information content (AvgIpc) is 3.07. The van der Waals surface area contributed by atoms with Crippen molar-refractivity contribution in [2.45, 2.75) is 44.6 Å². The Bertz CT molecular complexity index is 844. The topological polar surface area (TPSA) is 97.6 Å². The fourth-order valence-electron chi connectivity index (χ4n) is 2.93. The minimum atomic E-state index is -3.60. The predicted molar refractivity (Wildman–Crippen MR) is 96.6 cm³/mol. The zero-order chi connectivity index (χ0) is 18.6. The number of aryl methyl sites for hydroxylation is 1. The third kappa shape index (κ3) is 4.16. The van der Waals surface area contributed by atoms with Crippen molar-refractivity contribution in [3.63, 3.8) is 0 Å². The van der Waals surface area contributed by atoms with Gasteiger partial charge in [0.05, 0.1) is 13.2 Å². The molecule has 0 amide bonds. The summed E-state index contributed by atoms with van der Waals surface area (Å²) in [6.45, 7) is 5.39. The fourth-order valence-corrected chi connectivity index (χ4v) is 4.60. The molecular weight excluding hydrogens is 356 g/mol. The van der Waals surface area contributed by atoms with Crippen LogP contribution in [0.25, 0.3) is 0 Å². The molecule has 1 fully saturated rings. The average molecular weight is 380 g/mol. The normalized spacial score (nSPS) is 15.8. The highest BCUT2D eigenvalue weighted by molar-refractivity contribution is 7.89. The molecule has 1 aliphatic rings.